The Morgan fingerprint density at radius 3 is 2.45 bits per heavy atom. The monoisotopic (exact) mass is 266 g/mol. The summed E-state index contributed by atoms with van der Waals surface area (Å²) in [5, 5.41) is 6.30. The van der Waals surface area contributed by atoms with Crippen LogP contribution >= 0.6 is 0 Å². The first kappa shape index (κ1) is 12.7. The van der Waals surface area contributed by atoms with E-state index in [-0.39, 0.29) is 5.91 Å². The van der Waals surface area contributed by atoms with E-state index in [9.17, 15) is 4.79 Å². The highest BCUT2D eigenvalue weighted by Crippen LogP contribution is 2.28. The molecule has 1 saturated carbocycles. The average molecular weight is 266 g/mol. The van der Waals surface area contributed by atoms with Gasteiger partial charge in [-0.05, 0) is 43.0 Å². The molecule has 3 heteroatoms. The maximum atomic E-state index is 12.2. The fourth-order valence-corrected chi connectivity index (χ4v) is 2.12. The maximum absolute atomic E-state index is 12.2. The molecule has 0 aromatic heterocycles. The number of amides is 1. The first-order valence-electron chi connectivity index (χ1n) is 7.02. The molecule has 2 N–H and O–H groups in total. The lowest BCUT2D eigenvalue weighted by atomic mass is 10.1. The first-order valence-corrected chi connectivity index (χ1v) is 7.02. The molecule has 3 rings (SSSR count). The number of nitrogens with one attached hydrogen (secondary N) is 2. The minimum absolute atomic E-state index is 0.00377. The van der Waals surface area contributed by atoms with Crippen LogP contribution in [0, 0.1) is 5.92 Å². The molecule has 0 radical (unpaired) electrons. The molecule has 1 aliphatic carbocycles. The first-order chi connectivity index (χ1) is 9.83. The van der Waals surface area contributed by atoms with E-state index in [0.717, 1.165) is 17.9 Å². The Hall–Kier alpha value is -2.29. The van der Waals surface area contributed by atoms with E-state index in [1.807, 2.05) is 54.6 Å². The van der Waals surface area contributed by atoms with Crippen LogP contribution in [-0.2, 0) is 0 Å². The average Bonchev–Trinajstić information content (AvgIpc) is 3.31. The Labute approximate surface area is 119 Å². The predicted molar refractivity (Wildman–Crippen MR) is 81.2 cm³/mol. The number of benzene rings is 2. The number of rotatable bonds is 5. The zero-order chi connectivity index (χ0) is 13.8. The van der Waals surface area contributed by atoms with Crippen LogP contribution in [0.4, 0.5) is 11.4 Å². The molecule has 2 aromatic carbocycles. The summed E-state index contributed by atoms with van der Waals surface area (Å²) >= 11 is 0. The van der Waals surface area contributed by atoms with Crippen molar-refractivity contribution in [3.05, 3.63) is 60.2 Å². The second kappa shape index (κ2) is 5.78. The molecule has 0 unspecified atom stereocenters. The van der Waals surface area contributed by atoms with E-state index in [4.69, 9.17) is 0 Å². The molecule has 1 fully saturated rings. The Bertz CT molecular complexity index is 591. The van der Waals surface area contributed by atoms with E-state index in [1.165, 1.54) is 12.8 Å². The number of hydrogen-bond acceptors (Lipinski definition) is 2. The zero-order valence-electron chi connectivity index (χ0n) is 11.3. The van der Waals surface area contributed by atoms with E-state index in [2.05, 4.69) is 10.6 Å². The van der Waals surface area contributed by atoms with Crippen LogP contribution in [0.2, 0.25) is 0 Å². The van der Waals surface area contributed by atoms with Gasteiger partial charge in [-0.25, -0.2) is 0 Å². The topological polar surface area (TPSA) is 41.1 Å². The van der Waals surface area contributed by atoms with Gasteiger partial charge in [-0.3, -0.25) is 4.79 Å². The molecule has 0 heterocycles. The van der Waals surface area contributed by atoms with Crippen LogP contribution < -0.4 is 10.6 Å². The van der Waals surface area contributed by atoms with Gasteiger partial charge in [0.15, 0.2) is 0 Å². The molecule has 0 saturated heterocycles. The van der Waals surface area contributed by atoms with Crippen molar-refractivity contribution in [1.82, 2.24) is 5.32 Å². The van der Waals surface area contributed by atoms with Gasteiger partial charge in [0.2, 0.25) is 0 Å². The Kier molecular flexibility index (Phi) is 3.68. The van der Waals surface area contributed by atoms with E-state index in [0.29, 0.717) is 11.5 Å². The van der Waals surface area contributed by atoms with Crippen LogP contribution in [-0.4, -0.2) is 12.5 Å². The van der Waals surface area contributed by atoms with Gasteiger partial charge in [0.25, 0.3) is 5.91 Å². The quantitative estimate of drug-likeness (QED) is 0.868. The highest BCUT2D eigenvalue weighted by molar-refractivity contribution is 6.00. The molecule has 1 aliphatic rings. The summed E-state index contributed by atoms with van der Waals surface area (Å²) in [7, 11) is 0. The van der Waals surface area contributed by atoms with Gasteiger partial charge in [0.1, 0.15) is 0 Å². The lowest BCUT2D eigenvalue weighted by Crippen LogP contribution is -2.26. The summed E-state index contributed by atoms with van der Waals surface area (Å²) in [5.41, 5.74) is 2.51. The second-order valence-electron chi connectivity index (χ2n) is 5.19. The van der Waals surface area contributed by atoms with E-state index < -0.39 is 0 Å². The Morgan fingerprint density at radius 1 is 1.00 bits per heavy atom. The molecule has 102 valence electrons. The number of para-hydroxylation sites is 2. The molecule has 0 aliphatic heterocycles. The third-order valence-corrected chi connectivity index (χ3v) is 3.47. The summed E-state index contributed by atoms with van der Waals surface area (Å²) in [5.74, 6) is 0.684. The third-order valence-electron chi connectivity index (χ3n) is 3.47. The second-order valence-corrected chi connectivity index (χ2v) is 5.19. The molecule has 20 heavy (non-hydrogen) atoms. The Balaban J connectivity index is 1.74. The van der Waals surface area contributed by atoms with Crippen LogP contribution in [0.25, 0.3) is 0 Å². The minimum atomic E-state index is -0.00377. The highest BCUT2D eigenvalue weighted by atomic mass is 16.1. The summed E-state index contributed by atoms with van der Waals surface area (Å²) in [6.07, 6.45) is 2.48. The fourth-order valence-electron chi connectivity index (χ4n) is 2.12. The van der Waals surface area contributed by atoms with Gasteiger partial charge in [-0.15, -0.1) is 0 Å². The Morgan fingerprint density at radius 2 is 1.70 bits per heavy atom. The van der Waals surface area contributed by atoms with Gasteiger partial charge in [0, 0.05) is 12.2 Å². The minimum Gasteiger partial charge on any atom is -0.355 e. The molecular weight excluding hydrogens is 248 g/mol. The maximum Gasteiger partial charge on any atom is 0.253 e. The standard InChI is InChI=1S/C17H18N2O/c20-17(18-12-13-10-11-13)15-8-4-5-9-16(15)19-14-6-2-1-3-7-14/h1-9,13,19H,10-12H2,(H,18,20). The van der Waals surface area contributed by atoms with Crippen molar-refractivity contribution >= 4 is 17.3 Å². The largest absolute Gasteiger partial charge is 0.355 e. The highest BCUT2D eigenvalue weighted by Gasteiger charge is 2.22. The molecule has 0 atom stereocenters. The van der Waals surface area contributed by atoms with Gasteiger partial charge in [0.05, 0.1) is 11.3 Å². The van der Waals surface area contributed by atoms with Crippen molar-refractivity contribution < 1.29 is 4.79 Å². The van der Waals surface area contributed by atoms with E-state index in [1.54, 1.807) is 0 Å². The number of hydrogen-bond donors (Lipinski definition) is 2. The van der Waals surface area contributed by atoms with Crippen molar-refractivity contribution in [2.45, 2.75) is 12.8 Å². The van der Waals surface area contributed by atoms with Crippen molar-refractivity contribution in [3.8, 4) is 0 Å². The zero-order valence-corrected chi connectivity index (χ0v) is 11.3. The van der Waals surface area contributed by atoms with Gasteiger partial charge >= 0.3 is 0 Å². The van der Waals surface area contributed by atoms with Crippen LogP contribution in [0.5, 0.6) is 0 Å². The van der Waals surface area contributed by atoms with Gasteiger partial charge in [-0.1, -0.05) is 30.3 Å². The number of anilines is 2. The molecule has 0 bridgehead atoms. The summed E-state index contributed by atoms with van der Waals surface area (Å²) in [4.78, 5) is 12.2. The van der Waals surface area contributed by atoms with Gasteiger partial charge in [-0.2, -0.15) is 0 Å². The van der Waals surface area contributed by atoms with Crippen molar-refractivity contribution in [2.24, 2.45) is 5.92 Å². The lowest BCUT2D eigenvalue weighted by Gasteiger charge is -2.12. The van der Waals surface area contributed by atoms with Crippen molar-refractivity contribution in [3.63, 3.8) is 0 Å². The summed E-state index contributed by atoms with van der Waals surface area (Å²) in [6.45, 7) is 0.790. The molecule has 0 spiro atoms. The predicted octanol–water partition coefficient (Wildman–Crippen LogP) is 3.57. The van der Waals surface area contributed by atoms with Gasteiger partial charge < -0.3 is 10.6 Å². The van der Waals surface area contributed by atoms with Crippen molar-refractivity contribution in [2.75, 3.05) is 11.9 Å². The SMILES string of the molecule is O=C(NCC1CC1)c1ccccc1Nc1ccccc1. The molecule has 3 nitrogen and oxygen atoms in total. The molecule has 1 amide bonds. The smallest absolute Gasteiger partial charge is 0.253 e. The number of carbonyl (C=O) groups excluding carboxylic acids is 1. The molecular formula is C17H18N2O. The summed E-state index contributed by atoms with van der Waals surface area (Å²) < 4.78 is 0. The van der Waals surface area contributed by atoms with Crippen molar-refractivity contribution in [1.29, 1.82) is 0 Å². The van der Waals surface area contributed by atoms with Crippen LogP contribution in [0.1, 0.15) is 23.2 Å². The summed E-state index contributed by atoms with van der Waals surface area (Å²) in [6, 6.07) is 17.5. The molecule has 2 aromatic rings. The van der Waals surface area contributed by atoms with E-state index >= 15 is 0 Å². The normalized spacial score (nSPS) is 13.8. The lowest BCUT2D eigenvalue weighted by molar-refractivity contribution is 0.0952. The fraction of sp³-hybridized carbons (Fsp3) is 0.235. The number of carbonyl (C=O) groups is 1. The third kappa shape index (κ3) is 3.18. The van der Waals surface area contributed by atoms with Crippen LogP contribution in [0.15, 0.2) is 54.6 Å². The van der Waals surface area contributed by atoms with Crippen LogP contribution in [0.3, 0.4) is 0 Å².